The number of thiophene rings is 1. The topological polar surface area (TPSA) is 64.7 Å². The van der Waals surface area contributed by atoms with E-state index in [1.165, 1.54) is 20.2 Å². The maximum Gasteiger partial charge on any atom is 0.164 e. The Hall–Kier alpha value is -6.50. The average Bonchev–Trinajstić information content (AvgIpc) is 3.77. The number of aromatic nitrogens is 4. The van der Waals surface area contributed by atoms with Gasteiger partial charge in [-0.3, -0.25) is 4.98 Å². The largest absolute Gasteiger partial charge is 0.455 e. The van der Waals surface area contributed by atoms with Gasteiger partial charge < -0.3 is 4.42 Å². The Morgan fingerprint density at radius 3 is 1.94 bits per heavy atom. The second kappa shape index (κ2) is 11.6. The predicted molar refractivity (Wildman–Crippen MR) is 205 cm³/mol. The fourth-order valence-corrected chi connectivity index (χ4v) is 8.14. The third-order valence-corrected chi connectivity index (χ3v) is 10.4. The molecule has 4 aromatic heterocycles. The van der Waals surface area contributed by atoms with Crippen LogP contribution >= 0.6 is 11.3 Å². The van der Waals surface area contributed by atoms with E-state index in [1.54, 1.807) is 6.20 Å². The summed E-state index contributed by atoms with van der Waals surface area (Å²) in [5.41, 5.74) is 8.51. The van der Waals surface area contributed by atoms with Crippen LogP contribution in [0.4, 0.5) is 0 Å². The highest BCUT2D eigenvalue weighted by atomic mass is 32.1. The number of hydrogen-bond acceptors (Lipinski definition) is 6. The summed E-state index contributed by atoms with van der Waals surface area (Å²) in [5, 5.41) is 4.48. The van der Waals surface area contributed by atoms with Crippen molar-refractivity contribution < 1.29 is 4.42 Å². The molecule has 0 aliphatic heterocycles. The van der Waals surface area contributed by atoms with Gasteiger partial charge in [-0.25, -0.2) is 15.0 Å². The molecule has 0 aliphatic carbocycles. The van der Waals surface area contributed by atoms with Crippen LogP contribution in [-0.4, -0.2) is 19.9 Å². The molecule has 4 heterocycles. The summed E-state index contributed by atoms with van der Waals surface area (Å²) in [4.78, 5) is 19.8. The second-order valence-corrected chi connectivity index (χ2v) is 13.3. The van der Waals surface area contributed by atoms with Crippen molar-refractivity contribution in [2.45, 2.75) is 0 Å². The molecule has 5 nitrogen and oxygen atoms in total. The molecule has 234 valence electrons. The molecule has 0 unspecified atom stereocenters. The molecule has 0 radical (unpaired) electrons. The molecule has 6 heteroatoms. The van der Waals surface area contributed by atoms with Crippen LogP contribution in [0.1, 0.15) is 0 Å². The van der Waals surface area contributed by atoms with Gasteiger partial charge in [-0.1, -0.05) is 109 Å². The molecule has 6 aromatic carbocycles. The molecule has 0 saturated carbocycles. The highest BCUT2D eigenvalue weighted by molar-refractivity contribution is 7.25. The molecule has 0 bridgehead atoms. The SMILES string of the molecule is c1ccc(-c2nc(-c3ccccc3-c3cccnc3)nc(-c3ccc(-c4cccc5sc6ccccc6c45)c4oc5ccccc5c34)n2)cc1. The molecule has 0 spiro atoms. The van der Waals surface area contributed by atoms with E-state index >= 15 is 0 Å². The van der Waals surface area contributed by atoms with E-state index in [9.17, 15) is 0 Å². The van der Waals surface area contributed by atoms with Gasteiger partial charge in [0.2, 0.25) is 0 Å². The summed E-state index contributed by atoms with van der Waals surface area (Å²) in [5.74, 6) is 1.77. The molecule has 0 fully saturated rings. The smallest absolute Gasteiger partial charge is 0.164 e. The van der Waals surface area contributed by atoms with Gasteiger partial charge in [0.25, 0.3) is 0 Å². The van der Waals surface area contributed by atoms with Crippen molar-refractivity contribution in [1.82, 2.24) is 19.9 Å². The van der Waals surface area contributed by atoms with Crippen LogP contribution in [0, 0.1) is 0 Å². The first kappa shape index (κ1) is 28.5. The van der Waals surface area contributed by atoms with Gasteiger partial charge in [0, 0.05) is 71.2 Å². The molecule has 0 N–H and O–H groups in total. The van der Waals surface area contributed by atoms with Crippen LogP contribution in [0.2, 0.25) is 0 Å². The number of fused-ring (bicyclic) bond motifs is 6. The molecule has 0 aliphatic rings. The summed E-state index contributed by atoms with van der Waals surface area (Å²) >= 11 is 1.82. The lowest BCUT2D eigenvalue weighted by molar-refractivity contribution is 0.670. The van der Waals surface area contributed by atoms with E-state index < -0.39 is 0 Å². The summed E-state index contributed by atoms with van der Waals surface area (Å²) in [6.07, 6.45) is 3.66. The van der Waals surface area contributed by atoms with E-state index in [1.807, 2.05) is 78.2 Å². The third kappa shape index (κ3) is 4.61. The van der Waals surface area contributed by atoms with Gasteiger partial charge in [-0.2, -0.15) is 0 Å². The van der Waals surface area contributed by atoms with Crippen LogP contribution in [0.3, 0.4) is 0 Å². The molecule has 50 heavy (non-hydrogen) atoms. The minimum absolute atomic E-state index is 0.581. The summed E-state index contributed by atoms with van der Waals surface area (Å²) in [6, 6.07) is 50.0. The number of para-hydroxylation sites is 1. The maximum atomic E-state index is 6.77. The average molecular weight is 659 g/mol. The monoisotopic (exact) mass is 658 g/mol. The summed E-state index contributed by atoms with van der Waals surface area (Å²) in [7, 11) is 0. The van der Waals surface area contributed by atoms with Crippen LogP contribution in [-0.2, 0) is 0 Å². The lowest BCUT2D eigenvalue weighted by atomic mass is 9.95. The number of benzene rings is 6. The third-order valence-electron chi connectivity index (χ3n) is 9.27. The maximum absolute atomic E-state index is 6.77. The standard InChI is InChI=1S/C44H26N4OS/c1-2-12-27(13-3-1)42-46-43(32-16-5-4-15-29(32)28-14-11-25-45-26-28)48-44(47-42)35-24-23-31(41-40(35)33-17-6-8-20-36(33)49-41)30-19-10-22-38-39(30)34-18-7-9-21-37(34)50-38/h1-26H. The van der Waals surface area contributed by atoms with Crippen molar-refractivity contribution in [2.24, 2.45) is 0 Å². The van der Waals surface area contributed by atoms with Crippen LogP contribution in [0.25, 0.3) is 98.5 Å². The normalized spacial score (nSPS) is 11.6. The highest BCUT2D eigenvalue weighted by Crippen LogP contribution is 2.46. The van der Waals surface area contributed by atoms with Gasteiger partial charge in [-0.05, 0) is 47.5 Å². The zero-order chi connectivity index (χ0) is 33.0. The van der Waals surface area contributed by atoms with Gasteiger partial charge in [0.1, 0.15) is 11.2 Å². The Morgan fingerprint density at radius 1 is 0.420 bits per heavy atom. The quantitative estimate of drug-likeness (QED) is 0.184. The van der Waals surface area contributed by atoms with Crippen molar-refractivity contribution in [3.8, 4) is 56.4 Å². The van der Waals surface area contributed by atoms with E-state index in [2.05, 4.69) is 89.9 Å². The van der Waals surface area contributed by atoms with Crippen molar-refractivity contribution in [3.63, 3.8) is 0 Å². The zero-order valence-corrected chi connectivity index (χ0v) is 27.4. The Balaban J connectivity index is 1.26. The van der Waals surface area contributed by atoms with Crippen molar-refractivity contribution >= 4 is 53.4 Å². The van der Waals surface area contributed by atoms with E-state index in [4.69, 9.17) is 19.4 Å². The number of rotatable bonds is 5. The first-order chi connectivity index (χ1) is 24.8. The molecule has 0 amide bonds. The summed E-state index contributed by atoms with van der Waals surface area (Å²) < 4.78 is 9.29. The Morgan fingerprint density at radius 2 is 1.08 bits per heavy atom. The Kier molecular flexibility index (Phi) is 6.60. The first-order valence-electron chi connectivity index (χ1n) is 16.5. The Bertz CT molecular complexity index is 2880. The molecule has 10 aromatic rings. The summed E-state index contributed by atoms with van der Waals surface area (Å²) in [6.45, 7) is 0. The van der Waals surface area contributed by atoms with Crippen molar-refractivity contribution in [1.29, 1.82) is 0 Å². The Labute approximate surface area is 291 Å². The molecule has 10 rings (SSSR count). The van der Waals surface area contributed by atoms with E-state index in [0.29, 0.717) is 17.5 Å². The fraction of sp³-hybridized carbons (Fsp3) is 0. The van der Waals surface area contributed by atoms with E-state index in [0.717, 1.165) is 60.9 Å². The van der Waals surface area contributed by atoms with Crippen LogP contribution in [0.5, 0.6) is 0 Å². The van der Waals surface area contributed by atoms with Crippen molar-refractivity contribution in [2.75, 3.05) is 0 Å². The highest BCUT2D eigenvalue weighted by Gasteiger charge is 2.23. The first-order valence-corrected chi connectivity index (χ1v) is 17.3. The van der Waals surface area contributed by atoms with Gasteiger partial charge in [0.05, 0.1) is 0 Å². The lowest BCUT2D eigenvalue weighted by Gasteiger charge is -2.13. The number of furan rings is 1. The van der Waals surface area contributed by atoms with Crippen molar-refractivity contribution in [3.05, 3.63) is 158 Å². The molecular weight excluding hydrogens is 633 g/mol. The lowest BCUT2D eigenvalue weighted by Crippen LogP contribution is -2.01. The number of hydrogen-bond donors (Lipinski definition) is 0. The molecule has 0 saturated heterocycles. The molecule has 0 atom stereocenters. The van der Waals surface area contributed by atoms with Crippen LogP contribution in [0.15, 0.2) is 162 Å². The number of pyridine rings is 1. The van der Waals surface area contributed by atoms with E-state index in [-0.39, 0.29) is 0 Å². The molecular formula is C44H26N4OS. The van der Waals surface area contributed by atoms with Gasteiger partial charge in [0.15, 0.2) is 17.5 Å². The minimum Gasteiger partial charge on any atom is -0.455 e. The predicted octanol–water partition coefficient (Wildman–Crippen LogP) is 11.9. The van der Waals surface area contributed by atoms with Gasteiger partial charge >= 0.3 is 0 Å². The second-order valence-electron chi connectivity index (χ2n) is 12.2. The zero-order valence-electron chi connectivity index (χ0n) is 26.6. The van der Waals surface area contributed by atoms with Crippen LogP contribution < -0.4 is 0 Å². The van der Waals surface area contributed by atoms with Gasteiger partial charge in [-0.15, -0.1) is 11.3 Å². The number of nitrogens with zero attached hydrogens (tertiary/aromatic N) is 4. The minimum atomic E-state index is 0.581. The fourth-order valence-electron chi connectivity index (χ4n) is 7.01.